The van der Waals surface area contributed by atoms with Crippen LogP contribution in [0.4, 0.5) is 5.69 Å². The Morgan fingerprint density at radius 1 is 1.09 bits per heavy atom. The number of carbonyl (C=O) groups excluding carboxylic acids is 2. The Kier molecular flexibility index (Phi) is 3.57. The lowest BCUT2D eigenvalue weighted by molar-refractivity contribution is -0.137. The molecule has 1 aromatic carbocycles. The minimum atomic E-state index is -0.240. The first kappa shape index (κ1) is 14.3. The maximum atomic E-state index is 12.3. The minimum absolute atomic E-state index is 0.0686. The number of fused-ring (bicyclic) bond motifs is 1. The fourth-order valence-electron chi connectivity index (χ4n) is 2.99. The molecule has 3 aliphatic rings. The van der Waals surface area contributed by atoms with Gasteiger partial charge in [0.2, 0.25) is 18.6 Å². The third-order valence-electron chi connectivity index (χ3n) is 4.41. The van der Waals surface area contributed by atoms with Crippen LogP contribution in [0.1, 0.15) is 6.42 Å². The Labute approximate surface area is 133 Å². The van der Waals surface area contributed by atoms with Crippen LogP contribution >= 0.6 is 0 Å². The highest BCUT2D eigenvalue weighted by molar-refractivity contribution is 5.99. The van der Waals surface area contributed by atoms with Gasteiger partial charge in [0.05, 0.1) is 25.0 Å². The molecule has 4 rings (SSSR count). The number of nitrogens with one attached hydrogen (secondary N) is 1. The molecule has 1 aliphatic carbocycles. The number of carbonyl (C=O) groups is 2. The zero-order valence-electron chi connectivity index (χ0n) is 12.6. The summed E-state index contributed by atoms with van der Waals surface area (Å²) < 4.78 is 15.8. The molecule has 122 valence electrons. The first-order valence-corrected chi connectivity index (χ1v) is 7.79. The van der Waals surface area contributed by atoms with Crippen LogP contribution in [0.25, 0.3) is 0 Å². The highest BCUT2D eigenvalue weighted by atomic mass is 16.7. The Morgan fingerprint density at radius 3 is 2.70 bits per heavy atom. The van der Waals surface area contributed by atoms with Gasteiger partial charge in [-0.3, -0.25) is 9.59 Å². The van der Waals surface area contributed by atoms with E-state index >= 15 is 0 Å². The van der Waals surface area contributed by atoms with Crippen LogP contribution in [0, 0.1) is 11.8 Å². The summed E-state index contributed by atoms with van der Waals surface area (Å²) in [6, 6.07) is 5.27. The van der Waals surface area contributed by atoms with Gasteiger partial charge in [-0.15, -0.1) is 0 Å². The SMILES string of the molecule is O=C(Nc1ccc2c(c1)OCO2)C1CC1C(=O)N1CCOCC1. The number of morpholine rings is 1. The van der Waals surface area contributed by atoms with E-state index in [-0.39, 0.29) is 30.4 Å². The van der Waals surface area contributed by atoms with Crippen LogP contribution < -0.4 is 14.8 Å². The summed E-state index contributed by atoms with van der Waals surface area (Å²) >= 11 is 0. The summed E-state index contributed by atoms with van der Waals surface area (Å²) in [7, 11) is 0. The lowest BCUT2D eigenvalue weighted by Gasteiger charge is -2.27. The molecule has 23 heavy (non-hydrogen) atoms. The van der Waals surface area contributed by atoms with Crippen LogP contribution in [0.5, 0.6) is 11.5 Å². The molecule has 2 heterocycles. The van der Waals surface area contributed by atoms with Crippen LogP contribution in [0.3, 0.4) is 0 Å². The first-order valence-electron chi connectivity index (χ1n) is 7.79. The minimum Gasteiger partial charge on any atom is -0.454 e. The molecule has 1 saturated heterocycles. The summed E-state index contributed by atoms with van der Waals surface area (Å²) in [4.78, 5) is 26.4. The van der Waals surface area contributed by atoms with E-state index in [1.165, 1.54) is 0 Å². The number of hydrogen-bond donors (Lipinski definition) is 1. The molecule has 0 radical (unpaired) electrons. The van der Waals surface area contributed by atoms with Gasteiger partial charge in [-0.2, -0.15) is 0 Å². The third kappa shape index (κ3) is 2.84. The van der Waals surface area contributed by atoms with Gasteiger partial charge in [0.25, 0.3) is 0 Å². The van der Waals surface area contributed by atoms with Gasteiger partial charge in [0.1, 0.15) is 0 Å². The number of nitrogens with zero attached hydrogens (tertiary/aromatic N) is 1. The quantitative estimate of drug-likeness (QED) is 0.894. The van der Waals surface area contributed by atoms with Crippen molar-refractivity contribution >= 4 is 17.5 Å². The molecular formula is C16H18N2O5. The fraction of sp³-hybridized carbons (Fsp3) is 0.500. The van der Waals surface area contributed by atoms with Crippen molar-refractivity contribution in [3.05, 3.63) is 18.2 Å². The molecule has 7 heteroatoms. The zero-order valence-corrected chi connectivity index (χ0v) is 12.6. The van der Waals surface area contributed by atoms with E-state index in [0.717, 1.165) is 0 Å². The van der Waals surface area contributed by atoms with E-state index < -0.39 is 0 Å². The van der Waals surface area contributed by atoms with E-state index in [0.29, 0.717) is 49.9 Å². The predicted octanol–water partition coefficient (Wildman–Crippen LogP) is 0.849. The third-order valence-corrected chi connectivity index (χ3v) is 4.41. The largest absolute Gasteiger partial charge is 0.454 e. The van der Waals surface area contributed by atoms with Crippen molar-refractivity contribution in [1.29, 1.82) is 0 Å². The van der Waals surface area contributed by atoms with Crippen molar-refractivity contribution in [3.63, 3.8) is 0 Å². The van der Waals surface area contributed by atoms with E-state index in [2.05, 4.69) is 5.32 Å². The smallest absolute Gasteiger partial charge is 0.231 e. The van der Waals surface area contributed by atoms with Crippen LogP contribution in [0.2, 0.25) is 0 Å². The molecule has 7 nitrogen and oxygen atoms in total. The van der Waals surface area contributed by atoms with Gasteiger partial charge in [-0.05, 0) is 18.6 Å². The Bertz CT molecular complexity index is 641. The lowest BCUT2D eigenvalue weighted by atomic mass is 10.2. The second kappa shape index (κ2) is 5.73. The van der Waals surface area contributed by atoms with Crippen molar-refractivity contribution in [2.24, 2.45) is 11.8 Å². The second-order valence-corrected chi connectivity index (χ2v) is 5.94. The standard InChI is InChI=1S/C16H18N2O5/c19-15(17-10-1-2-13-14(7-10)23-9-22-13)11-8-12(11)16(20)18-3-5-21-6-4-18/h1-2,7,11-12H,3-6,8-9H2,(H,17,19). The van der Waals surface area contributed by atoms with Crippen molar-refractivity contribution in [1.82, 2.24) is 4.90 Å². The highest BCUT2D eigenvalue weighted by Crippen LogP contribution is 2.41. The van der Waals surface area contributed by atoms with Gasteiger partial charge < -0.3 is 24.4 Å². The van der Waals surface area contributed by atoms with Gasteiger partial charge in [0, 0.05) is 24.8 Å². The summed E-state index contributed by atoms with van der Waals surface area (Å²) in [5.41, 5.74) is 0.656. The van der Waals surface area contributed by atoms with E-state index in [4.69, 9.17) is 14.2 Å². The molecule has 0 spiro atoms. The molecule has 2 atom stereocenters. The van der Waals surface area contributed by atoms with Crippen molar-refractivity contribution in [3.8, 4) is 11.5 Å². The van der Waals surface area contributed by atoms with E-state index in [1.807, 2.05) is 0 Å². The van der Waals surface area contributed by atoms with Crippen LogP contribution in [-0.4, -0.2) is 49.8 Å². The number of rotatable bonds is 3. The summed E-state index contributed by atoms with van der Waals surface area (Å²) in [6.07, 6.45) is 0.618. The fourth-order valence-corrected chi connectivity index (χ4v) is 2.99. The molecule has 2 aliphatic heterocycles. The first-order chi connectivity index (χ1) is 11.2. The van der Waals surface area contributed by atoms with Gasteiger partial charge >= 0.3 is 0 Å². The molecule has 1 N–H and O–H groups in total. The normalized spacial score (nSPS) is 25.1. The highest BCUT2D eigenvalue weighted by Gasteiger charge is 2.49. The molecule has 0 bridgehead atoms. The maximum absolute atomic E-state index is 12.3. The topological polar surface area (TPSA) is 77.1 Å². The summed E-state index contributed by atoms with van der Waals surface area (Å²) in [5.74, 6) is 0.821. The monoisotopic (exact) mass is 318 g/mol. The lowest BCUT2D eigenvalue weighted by Crippen LogP contribution is -2.42. The molecular weight excluding hydrogens is 300 g/mol. The Morgan fingerprint density at radius 2 is 1.87 bits per heavy atom. The van der Waals surface area contributed by atoms with Crippen LogP contribution in [-0.2, 0) is 14.3 Å². The van der Waals surface area contributed by atoms with Crippen molar-refractivity contribution in [2.75, 3.05) is 38.4 Å². The molecule has 0 aromatic heterocycles. The average molecular weight is 318 g/mol. The maximum Gasteiger partial charge on any atom is 0.231 e. The number of hydrogen-bond acceptors (Lipinski definition) is 5. The zero-order chi connectivity index (χ0) is 15.8. The van der Waals surface area contributed by atoms with Gasteiger partial charge in [-0.25, -0.2) is 0 Å². The van der Waals surface area contributed by atoms with E-state index in [9.17, 15) is 9.59 Å². The molecule has 2 unspecified atom stereocenters. The van der Waals surface area contributed by atoms with E-state index in [1.54, 1.807) is 23.1 Å². The van der Waals surface area contributed by atoms with Crippen LogP contribution in [0.15, 0.2) is 18.2 Å². The molecule has 1 saturated carbocycles. The number of benzene rings is 1. The summed E-state index contributed by atoms with van der Waals surface area (Å²) in [6.45, 7) is 2.59. The van der Waals surface area contributed by atoms with Gasteiger partial charge in [-0.1, -0.05) is 0 Å². The molecule has 2 fully saturated rings. The van der Waals surface area contributed by atoms with Crippen molar-refractivity contribution < 1.29 is 23.8 Å². The number of ether oxygens (including phenoxy) is 3. The predicted molar refractivity (Wildman–Crippen MR) is 80.2 cm³/mol. The second-order valence-electron chi connectivity index (χ2n) is 5.94. The Balaban J connectivity index is 1.34. The van der Waals surface area contributed by atoms with Gasteiger partial charge in [0.15, 0.2) is 11.5 Å². The Hall–Kier alpha value is -2.28. The summed E-state index contributed by atoms with van der Waals surface area (Å²) in [5, 5.41) is 2.85. The average Bonchev–Trinajstić information content (AvgIpc) is 3.25. The van der Waals surface area contributed by atoms with Crippen molar-refractivity contribution in [2.45, 2.75) is 6.42 Å². The number of anilines is 1. The molecule has 2 amide bonds. The molecule has 1 aromatic rings. The number of amides is 2.